The maximum absolute atomic E-state index is 12.7. The number of hydrogen-bond donors (Lipinski definition) is 2. The summed E-state index contributed by atoms with van der Waals surface area (Å²) in [5.41, 5.74) is 3.85. The Morgan fingerprint density at radius 2 is 1.57 bits per heavy atom. The molecule has 0 bridgehead atoms. The number of anilines is 2. The fraction of sp³-hybridized carbons (Fsp3) is 0.227. The summed E-state index contributed by atoms with van der Waals surface area (Å²) < 4.78 is 1.54. The van der Waals surface area contributed by atoms with Crippen molar-refractivity contribution in [1.29, 1.82) is 0 Å². The second-order valence-corrected chi connectivity index (χ2v) is 6.79. The van der Waals surface area contributed by atoms with E-state index in [9.17, 15) is 9.59 Å². The molecule has 0 aliphatic carbocycles. The van der Waals surface area contributed by atoms with Crippen molar-refractivity contribution in [3.8, 4) is 0 Å². The predicted molar refractivity (Wildman–Crippen MR) is 110 cm³/mol. The molecule has 6 nitrogen and oxygen atoms in total. The van der Waals surface area contributed by atoms with Crippen LogP contribution in [0.2, 0.25) is 0 Å². The number of hydrogen-bond acceptors (Lipinski definition) is 3. The zero-order valence-corrected chi connectivity index (χ0v) is 16.3. The molecular weight excluding hydrogens is 352 g/mol. The summed E-state index contributed by atoms with van der Waals surface area (Å²) in [5.74, 6) is -0.472. The van der Waals surface area contributed by atoms with Gasteiger partial charge in [-0.15, -0.1) is 0 Å². The summed E-state index contributed by atoms with van der Waals surface area (Å²) in [6.45, 7) is 5.84. The Kier molecular flexibility index (Phi) is 5.89. The Morgan fingerprint density at radius 3 is 2.14 bits per heavy atom. The maximum Gasteiger partial charge on any atom is 0.276 e. The van der Waals surface area contributed by atoms with E-state index in [0.29, 0.717) is 12.1 Å². The number of carbonyl (C=O) groups is 2. The lowest BCUT2D eigenvalue weighted by molar-refractivity contribution is -0.119. The molecule has 2 aromatic carbocycles. The highest BCUT2D eigenvalue weighted by atomic mass is 16.2. The Labute approximate surface area is 164 Å². The Hall–Kier alpha value is -3.41. The Balaban J connectivity index is 1.71. The first-order valence-electron chi connectivity index (χ1n) is 9.27. The largest absolute Gasteiger partial charge is 0.324 e. The van der Waals surface area contributed by atoms with E-state index in [-0.39, 0.29) is 17.5 Å². The lowest BCUT2D eigenvalue weighted by Gasteiger charge is -2.16. The van der Waals surface area contributed by atoms with Gasteiger partial charge >= 0.3 is 0 Å². The third-order valence-electron chi connectivity index (χ3n) is 4.41. The molecular formula is C22H24N4O2. The second-order valence-electron chi connectivity index (χ2n) is 6.79. The Morgan fingerprint density at radius 1 is 0.964 bits per heavy atom. The molecule has 2 amide bonds. The molecule has 0 saturated carbocycles. The van der Waals surface area contributed by atoms with Gasteiger partial charge in [0.1, 0.15) is 6.04 Å². The van der Waals surface area contributed by atoms with Gasteiger partial charge in [-0.1, -0.05) is 31.2 Å². The first-order chi connectivity index (χ1) is 13.5. The van der Waals surface area contributed by atoms with Gasteiger partial charge in [0.15, 0.2) is 5.69 Å². The Bertz CT molecular complexity index is 993. The van der Waals surface area contributed by atoms with E-state index in [1.807, 2.05) is 69.3 Å². The zero-order chi connectivity index (χ0) is 20.1. The third kappa shape index (κ3) is 4.65. The fourth-order valence-corrected chi connectivity index (χ4v) is 2.99. The van der Waals surface area contributed by atoms with Crippen molar-refractivity contribution in [2.75, 3.05) is 10.6 Å². The average Bonchev–Trinajstić information content (AvgIpc) is 3.12. The van der Waals surface area contributed by atoms with E-state index in [1.165, 1.54) is 4.68 Å². The fourth-order valence-electron chi connectivity index (χ4n) is 2.99. The molecule has 144 valence electrons. The highest BCUT2D eigenvalue weighted by Gasteiger charge is 2.21. The molecule has 3 aromatic rings. The molecule has 0 saturated heterocycles. The van der Waals surface area contributed by atoms with Crippen LogP contribution in [0.3, 0.4) is 0 Å². The standard InChI is InChI=1S/C22H24N4O2/c1-4-20(22(28)24-18-10-6-8-16(3)14-18)26-12-11-19(25-26)21(27)23-17-9-5-7-15(2)13-17/h5-14,20H,4H2,1-3H3,(H,23,27)(H,24,28)/t20-/m1/s1. The van der Waals surface area contributed by atoms with Crippen LogP contribution in [0, 0.1) is 13.8 Å². The lowest BCUT2D eigenvalue weighted by Crippen LogP contribution is -2.26. The molecule has 1 heterocycles. The summed E-state index contributed by atoms with van der Waals surface area (Å²) in [5, 5.41) is 10.1. The van der Waals surface area contributed by atoms with E-state index >= 15 is 0 Å². The molecule has 3 rings (SSSR count). The average molecular weight is 376 g/mol. The predicted octanol–water partition coefficient (Wildman–Crippen LogP) is 4.34. The first-order valence-corrected chi connectivity index (χ1v) is 9.27. The van der Waals surface area contributed by atoms with Gasteiger partial charge in [-0.3, -0.25) is 14.3 Å². The highest BCUT2D eigenvalue weighted by molar-refractivity contribution is 6.03. The SMILES string of the molecule is CC[C@H](C(=O)Nc1cccc(C)c1)n1ccc(C(=O)Nc2cccc(C)c2)n1. The van der Waals surface area contributed by atoms with Crippen LogP contribution in [0.25, 0.3) is 0 Å². The number of rotatable bonds is 6. The number of aryl methyl sites for hydroxylation is 2. The van der Waals surface area contributed by atoms with Gasteiger partial charge in [-0.25, -0.2) is 0 Å². The highest BCUT2D eigenvalue weighted by Crippen LogP contribution is 2.17. The van der Waals surface area contributed by atoms with Crippen molar-refractivity contribution in [2.24, 2.45) is 0 Å². The molecule has 0 aliphatic rings. The van der Waals surface area contributed by atoms with Gasteiger partial charge in [-0.2, -0.15) is 5.10 Å². The van der Waals surface area contributed by atoms with Crippen LogP contribution in [0.1, 0.15) is 41.0 Å². The van der Waals surface area contributed by atoms with Crippen molar-refractivity contribution in [3.63, 3.8) is 0 Å². The van der Waals surface area contributed by atoms with Crippen LogP contribution in [-0.4, -0.2) is 21.6 Å². The minimum absolute atomic E-state index is 0.165. The molecule has 6 heteroatoms. The van der Waals surface area contributed by atoms with Crippen molar-refractivity contribution < 1.29 is 9.59 Å². The number of nitrogens with zero attached hydrogens (tertiary/aromatic N) is 2. The number of aromatic nitrogens is 2. The molecule has 0 aliphatic heterocycles. The molecule has 0 radical (unpaired) electrons. The molecule has 0 spiro atoms. The van der Waals surface area contributed by atoms with E-state index in [0.717, 1.165) is 16.8 Å². The molecule has 1 atom stereocenters. The third-order valence-corrected chi connectivity index (χ3v) is 4.41. The summed E-state index contributed by atoms with van der Waals surface area (Å²) >= 11 is 0. The topological polar surface area (TPSA) is 76.0 Å². The molecule has 1 aromatic heterocycles. The molecule has 2 N–H and O–H groups in total. The van der Waals surface area contributed by atoms with Crippen LogP contribution in [-0.2, 0) is 4.79 Å². The normalized spacial score (nSPS) is 11.7. The molecule has 0 fully saturated rings. The van der Waals surface area contributed by atoms with Gasteiger partial charge in [0, 0.05) is 17.6 Å². The lowest BCUT2D eigenvalue weighted by atomic mass is 10.2. The monoisotopic (exact) mass is 376 g/mol. The van der Waals surface area contributed by atoms with Crippen molar-refractivity contribution >= 4 is 23.2 Å². The van der Waals surface area contributed by atoms with Crippen LogP contribution in [0.15, 0.2) is 60.8 Å². The van der Waals surface area contributed by atoms with Crippen LogP contribution >= 0.6 is 0 Å². The van der Waals surface area contributed by atoms with E-state index in [4.69, 9.17) is 0 Å². The number of nitrogens with one attached hydrogen (secondary N) is 2. The minimum atomic E-state index is -0.499. The van der Waals surface area contributed by atoms with Gasteiger partial charge in [0.25, 0.3) is 5.91 Å². The molecule has 28 heavy (non-hydrogen) atoms. The number of amides is 2. The van der Waals surface area contributed by atoms with Crippen molar-refractivity contribution in [1.82, 2.24) is 9.78 Å². The van der Waals surface area contributed by atoms with Crippen molar-refractivity contribution in [2.45, 2.75) is 33.2 Å². The second kappa shape index (κ2) is 8.52. The first kappa shape index (κ1) is 19.4. The van der Waals surface area contributed by atoms with Crippen molar-refractivity contribution in [3.05, 3.63) is 77.6 Å². The summed E-state index contributed by atoms with van der Waals surface area (Å²) in [6, 6.07) is 16.3. The summed E-state index contributed by atoms with van der Waals surface area (Å²) in [4.78, 5) is 25.2. The van der Waals surface area contributed by atoms with Crippen LogP contribution in [0.5, 0.6) is 0 Å². The number of carbonyl (C=O) groups excluding carboxylic acids is 2. The molecule has 0 unspecified atom stereocenters. The zero-order valence-electron chi connectivity index (χ0n) is 16.3. The van der Waals surface area contributed by atoms with Crippen LogP contribution < -0.4 is 10.6 Å². The van der Waals surface area contributed by atoms with Gasteiger partial charge in [0.2, 0.25) is 5.91 Å². The summed E-state index contributed by atoms with van der Waals surface area (Å²) in [6.07, 6.45) is 2.22. The smallest absolute Gasteiger partial charge is 0.276 e. The van der Waals surface area contributed by atoms with Crippen LogP contribution in [0.4, 0.5) is 11.4 Å². The van der Waals surface area contributed by atoms with Gasteiger partial charge < -0.3 is 10.6 Å². The number of benzene rings is 2. The van der Waals surface area contributed by atoms with E-state index < -0.39 is 6.04 Å². The van der Waals surface area contributed by atoms with Gasteiger partial charge in [0.05, 0.1) is 0 Å². The van der Waals surface area contributed by atoms with Gasteiger partial charge in [-0.05, 0) is 61.7 Å². The van der Waals surface area contributed by atoms with E-state index in [1.54, 1.807) is 12.3 Å². The minimum Gasteiger partial charge on any atom is -0.324 e. The summed E-state index contributed by atoms with van der Waals surface area (Å²) in [7, 11) is 0. The maximum atomic E-state index is 12.7. The van der Waals surface area contributed by atoms with E-state index in [2.05, 4.69) is 15.7 Å². The quantitative estimate of drug-likeness (QED) is 0.672.